The molecule has 0 aromatic rings. The van der Waals surface area contributed by atoms with Crippen LogP contribution in [0.2, 0.25) is 0 Å². The second-order valence-corrected chi connectivity index (χ2v) is 3.68. The van der Waals surface area contributed by atoms with Gasteiger partial charge in [-0.15, -0.1) is 0 Å². The van der Waals surface area contributed by atoms with Gasteiger partial charge in [0.25, 0.3) is 0 Å². The van der Waals surface area contributed by atoms with Gasteiger partial charge in [0.2, 0.25) is 0 Å². The third-order valence-corrected chi connectivity index (χ3v) is 2.69. The Morgan fingerprint density at radius 3 is 2.67 bits per heavy atom. The van der Waals surface area contributed by atoms with E-state index in [2.05, 4.69) is 12.6 Å². The van der Waals surface area contributed by atoms with E-state index in [1.54, 1.807) is 0 Å². The van der Waals surface area contributed by atoms with Gasteiger partial charge in [0.1, 0.15) is 0 Å². The van der Waals surface area contributed by atoms with Gasteiger partial charge in [0.05, 0.1) is 24.9 Å². The van der Waals surface area contributed by atoms with Gasteiger partial charge >= 0.3 is 0 Å². The Kier molecular flexibility index (Phi) is 3.83. The van der Waals surface area contributed by atoms with Gasteiger partial charge in [-0.05, 0) is 19.1 Å². The standard InChI is InChI=1S/C8H16O3S/c1-5-8(10)6(2-3-12)7(4-9)11-5/h5-10,12H,2-4H2,1H3/t5-,6-,7+,8?/m0/s1. The highest BCUT2D eigenvalue weighted by Gasteiger charge is 2.39. The monoisotopic (exact) mass is 192 g/mol. The summed E-state index contributed by atoms with van der Waals surface area (Å²) < 4.78 is 5.35. The fourth-order valence-corrected chi connectivity index (χ4v) is 2.01. The molecule has 0 bridgehead atoms. The topological polar surface area (TPSA) is 49.7 Å². The summed E-state index contributed by atoms with van der Waals surface area (Å²) >= 11 is 4.10. The zero-order chi connectivity index (χ0) is 9.14. The molecule has 1 unspecified atom stereocenters. The van der Waals surface area contributed by atoms with E-state index in [0.717, 1.165) is 6.42 Å². The smallest absolute Gasteiger partial charge is 0.0864 e. The van der Waals surface area contributed by atoms with Crippen LogP contribution in [0.5, 0.6) is 0 Å². The SMILES string of the molecule is C[C@@H]1O[C@H](CO)[C@H](CCS)C1O. The third kappa shape index (κ3) is 1.93. The zero-order valence-electron chi connectivity index (χ0n) is 7.18. The van der Waals surface area contributed by atoms with E-state index < -0.39 is 6.10 Å². The van der Waals surface area contributed by atoms with Crippen LogP contribution in [0.4, 0.5) is 0 Å². The van der Waals surface area contributed by atoms with E-state index in [1.165, 1.54) is 0 Å². The van der Waals surface area contributed by atoms with Gasteiger partial charge in [-0.25, -0.2) is 0 Å². The first kappa shape index (κ1) is 10.3. The maximum atomic E-state index is 9.62. The first-order valence-electron chi connectivity index (χ1n) is 4.26. The van der Waals surface area contributed by atoms with Crippen molar-refractivity contribution in [3.05, 3.63) is 0 Å². The normalized spacial score (nSPS) is 42.0. The van der Waals surface area contributed by atoms with Crippen LogP contribution in [0.15, 0.2) is 0 Å². The van der Waals surface area contributed by atoms with Crippen molar-refractivity contribution in [3.63, 3.8) is 0 Å². The molecule has 0 saturated carbocycles. The Bertz CT molecular complexity index is 142. The van der Waals surface area contributed by atoms with E-state index >= 15 is 0 Å². The number of aliphatic hydroxyl groups excluding tert-OH is 2. The second-order valence-electron chi connectivity index (χ2n) is 3.23. The van der Waals surface area contributed by atoms with Crippen LogP contribution in [0.1, 0.15) is 13.3 Å². The number of thiol groups is 1. The average molecular weight is 192 g/mol. The van der Waals surface area contributed by atoms with Crippen molar-refractivity contribution >= 4 is 12.6 Å². The Labute approximate surface area is 78.1 Å². The Hall–Kier alpha value is 0.230. The van der Waals surface area contributed by atoms with E-state index in [4.69, 9.17) is 9.84 Å². The molecule has 4 heteroatoms. The van der Waals surface area contributed by atoms with Crippen LogP contribution in [-0.4, -0.2) is 40.9 Å². The molecule has 12 heavy (non-hydrogen) atoms. The molecule has 1 saturated heterocycles. The number of rotatable bonds is 3. The molecule has 0 aliphatic carbocycles. The first-order chi connectivity index (χ1) is 5.70. The van der Waals surface area contributed by atoms with Crippen molar-refractivity contribution in [2.75, 3.05) is 12.4 Å². The minimum absolute atomic E-state index is 0.0140. The predicted octanol–water partition coefficient (Wildman–Crippen LogP) is 0.0630. The molecule has 0 aromatic heterocycles. The van der Waals surface area contributed by atoms with Crippen LogP contribution in [0.3, 0.4) is 0 Å². The molecule has 0 amide bonds. The first-order valence-corrected chi connectivity index (χ1v) is 4.89. The number of aliphatic hydroxyl groups is 2. The molecule has 1 heterocycles. The molecule has 0 aromatic carbocycles. The summed E-state index contributed by atoms with van der Waals surface area (Å²) in [7, 11) is 0. The fraction of sp³-hybridized carbons (Fsp3) is 1.00. The Morgan fingerprint density at radius 1 is 1.50 bits per heavy atom. The Morgan fingerprint density at radius 2 is 2.17 bits per heavy atom. The highest BCUT2D eigenvalue weighted by atomic mass is 32.1. The van der Waals surface area contributed by atoms with Gasteiger partial charge in [-0.2, -0.15) is 12.6 Å². The lowest BCUT2D eigenvalue weighted by Gasteiger charge is -2.16. The van der Waals surface area contributed by atoms with E-state index in [9.17, 15) is 5.11 Å². The molecular formula is C8H16O3S. The molecule has 72 valence electrons. The van der Waals surface area contributed by atoms with Gasteiger partial charge < -0.3 is 14.9 Å². The summed E-state index contributed by atoms with van der Waals surface area (Å²) in [5, 5.41) is 18.6. The minimum atomic E-state index is -0.450. The number of hydrogen-bond acceptors (Lipinski definition) is 4. The lowest BCUT2D eigenvalue weighted by atomic mass is 9.94. The summed E-state index contributed by atoms with van der Waals surface area (Å²) in [6.07, 6.45) is -0.0247. The van der Waals surface area contributed by atoms with Crippen LogP contribution >= 0.6 is 12.6 Å². The summed E-state index contributed by atoms with van der Waals surface area (Å²) in [5.74, 6) is 0.761. The lowest BCUT2D eigenvalue weighted by molar-refractivity contribution is -0.00241. The number of ether oxygens (including phenoxy) is 1. The molecule has 0 radical (unpaired) electrons. The maximum absolute atomic E-state index is 9.62. The van der Waals surface area contributed by atoms with Crippen molar-refractivity contribution in [1.29, 1.82) is 0 Å². The quantitative estimate of drug-likeness (QED) is 0.554. The van der Waals surface area contributed by atoms with Gasteiger partial charge in [-0.1, -0.05) is 0 Å². The summed E-state index contributed by atoms with van der Waals surface area (Å²) in [5.41, 5.74) is 0. The molecule has 4 atom stereocenters. The van der Waals surface area contributed by atoms with Crippen molar-refractivity contribution in [2.24, 2.45) is 5.92 Å². The molecule has 3 nitrogen and oxygen atoms in total. The average Bonchev–Trinajstić information content (AvgIpc) is 2.33. The molecule has 2 N–H and O–H groups in total. The van der Waals surface area contributed by atoms with Gasteiger partial charge in [-0.3, -0.25) is 0 Å². The van der Waals surface area contributed by atoms with Crippen LogP contribution < -0.4 is 0 Å². The van der Waals surface area contributed by atoms with E-state index in [1.807, 2.05) is 6.92 Å². The maximum Gasteiger partial charge on any atom is 0.0864 e. The van der Waals surface area contributed by atoms with Crippen molar-refractivity contribution < 1.29 is 14.9 Å². The highest BCUT2D eigenvalue weighted by molar-refractivity contribution is 7.80. The summed E-state index contributed by atoms with van der Waals surface area (Å²) in [4.78, 5) is 0. The second kappa shape index (κ2) is 4.46. The molecule has 1 aliphatic heterocycles. The van der Waals surface area contributed by atoms with Crippen LogP contribution in [0, 0.1) is 5.92 Å². The van der Waals surface area contributed by atoms with Crippen LogP contribution in [0.25, 0.3) is 0 Å². The van der Waals surface area contributed by atoms with E-state index in [-0.39, 0.29) is 24.7 Å². The van der Waals surface area contributed by atoms with E-state index in [0.29, 0.717) is 5.75 Å². The van der Waals surface area contributed by atoms with Crippen molar-refractivity contribution in [3.8, 4) is 0 Å². The fourth-order valence-electron chi connectivity index (χ4n) is 1.71. The minimum Gasteiger partial charge on any atom is -0.394 e. The largest absolute Gasteiger partial charge is 0.394 e. The predicted molar refractivity (Wildman–Crippen MR) is 49.4 cm³/mol. The van der Waals surface area contributed by atoms with Crippen molar-refractivity contribution in [1.82, 2.24) is 0 Å². The zero-order valence-corrected chi connectivity index (χ0v) is 8.08. The summed E-state index contributed by atoms with van der Waals surface area (Å²) in [6.45, 7) is 1.81. The molecule has 1 fully saturated rings. The molecule has 1 aliphatic rings. The lowest BCUT2D eigenvalue weighted by Crippen LogP contribution is -2.28. The van der Waals surface area contributed by atoms with Crippen LogP contribution in [-0.2, 0) is 4.74 Å². The van der Waals surface area contributed by atoms with Crippen molar-refractivity contribution in [2.45, 2.75) is 31.7 Å². The highest BCUT2D eigenvalue weighted by Crippen LogP contribution is 2.29. The Balaban J connectivity index is 2.53. The summed E-state index contributed by atoms with van der Waals surface area (Å²) in [6, 6.07) is 0. The van der Waals surface area contributed by atoms with Gasteiger partial charge in [0, 0.05) is 5.92 Å². The molecule has 0 spiro atoms. The molecule has 1 rings (SSSR count). The van der Waals surface area contributed by atoms with Gasteiger partial charge in [0.15, 0.2) is 0 Å². The molecular weight excluding hydrogens is 176 g/mol. The number of hydrogen-bond donors (Lipinski definition) is 3. The third-order valence-electron chi connectivity index (χ3n) is 2.43.